The van der Waals surface area contributed by atoms with Crippen molar-refractivity contribution in [2.45, 2.75) is 0 Å². The van der Waals surface area contributed by atoms with Crippen LogP contribution in [0.4, 0.5) is 4.39 Å². The van der Waals surface area contributed by atoms with Crippen molar-refractivity contribution in [2.75, 3.05) is 0 Å². The Morgan fingerprint density at radius 3 is 2.44 bits per heavy atom. The quantitative estimate of drug-likeness (QED) is 0.510. The molecular formula is C6H4BFO. The second-order valence-corrected chi connectivity index (χ2v) is 1.55. The Kier molecular flexibility index (Phi) is 1.73. The Hall–Kier alpha value is -0.985. The minimum atomic E-state index is -0.444. The van der Waals surface area contributed by atoms with Crippen molar-refractivity contribution in [2.24, 2.45) is 0 Å². The van der Waals surface area contributed by atoms with Gasteiger partial charge >= 0.3 is 8.05 Å². The first-order chi connectivity index (χ1) is 4.34. The highest BCUT2D eigenvalue weighted by atomic mass is 19.1. The fourth-order valence-electron chi connectivity index (χ4n) is 0.540. The third-order valence-electron chi connectivity index (χ3n) is 0.964. The zero-order valence-corrected chi connectivity index (χ0v) is 4.67. The number of para-hydroxylation sites is 1. The van der Waals surface area contributed by atoms with E-state index in [9.17, 15) is 4.39 Å². The van der Waals surface area contributed by atoms with Crippen LogP contribution in [0.2, 0.25) is 0 Å². The normalized spacial score (nSPS) is 9.00. The summed E-state index contributed by atoms with van der Waals surface area (Å²) in [4.78, 5) is 0. The predicted molar refractivity (Wildman–Crippen MR) is 32.8 cm³/mol. The van der Waals surface area contributed by atoms with Gasteiger partial charge < -0.3 is 4.65 Å². The lowest BCUT2D eigenvalue weighted by atomic mass is 10.3. The predicted octanol–water partition coefficient (Wildman–Crippen LogP) is 1.29. The Bertz CT molecular complexity index is 202. The summed E-state index contributed by atoms with van der Waals surface area (Å²) in [7, 11) is 4.71. The summed E-state index contributed by atoms with van der Waals surface area (Å²) in [6.45, 7) is 0. The highest BCUT2D eigenvalue weighted by molar-refractivity contribution is 5.99. The van der Waals surface area contributed by atoms with Gasteiger partial charge in [0.15, 0.2) is 5.82 Å². The van der Waals surface area contributed by atoms with Crippen LogP contribution < -0.4 is 4.65 Å². The van der Waals surface area contributed by atoms with Crippen LogP contribution in [0.25, 0.3) is 0 Å². The Morgan fingerprint density at radius 1 is 1.33 bits per heavy atom. The molecule has 1 rings (SSSR count). The van der Waals surface area contributed by atoms with Crippen molar-refractivity contribution in [1.29, 1.82) is 0 Å². The van der Waals surface area contributed by atoms with Gasteiger partial charge in [0.25, 0.3) is 0 Å². The molecule has 1 aromatic rings. The summed E-state index contributed by atoms with van der Waals surface area (Å²) in [5, 5.41) is 0. The molecule has 0 atom stereocenters. The lowest BCUT2D eigenvalue weighted by molar-refractivity contribution is 0.528. The van der Waals surface area contributed by atoms with Crippen molar-refractivity contribution in [3.63, 3.8) is 0 Å². The molecule has 9 heavy (non-hydrogen) atoms. The molecule has 0 aliphatic carbocycles. The van der Waals surface area contributed by atoms with Crippen LogP contribution in [0.5, 0.6) is 5.75 Å². The van der Waals surface area contributed by atoms with Gasteiger partial charge in [-0.1, -0.05) is 12.1 Å². The molecule has 1 aromatic carbocycles. The molecule has 0 amide bonds. The van der Waals surface area contributed by atoms with Crippen molar-refractivity contribution in [1.82, 2.24) is 0 Å². The van der Waals surface area contributed by atoms with E-state index in [1.807, 2.05) is 0 Å². The van der Waals surface area contributed by atoms with Crippen molar-refractivity contribution >= 4 is 8.05 Å². The van der Waals surface area contributed by atoms with Crippen molar-refractivity contribution < 1.29 is 9.04 Å². The van der Waals surface area contributed by atoms with Gasteiger partial charge in [-0.15, -0.1) is 0 Å². The minimum Gasteiger partial charge on any atom is -0.566 e. The molecule has 0 aliphatic heterocycles. The summed E-state index contributed by atoms with van der Waals surface area (Å²) >= 11 is 0. The molecule has 0 aliphatic rings. The van der Waals surface area contributed by atoms with Gasteiger partial charge in [-0.3, -0.25) is 0 Å². The molecule has 3 heteroatoms. The van der Waals surface area contributed by atoms with Gasteiger partial charge in [0.05, 0.1) is 0 Å². The zero-order chi connectivity index (χ0) is 6.69. The largest absolute Gasteiger partial charge is 0.566 e. The lowest BCUT2D eigenvalue weighted by Gasteiger charge is -1.98. The molecular weight excluding hydrogens is 118 g/mol. The molecule has 0 unspecified atom stereocenters. The number of hydrogen-bond acceptors (Lipinski definition) is 1. The molecule has 0 fully saturated rings. The van der Waals surface area contributed by atoms with Crippen LogP contribution in [-0.2, 0) is 0 Å². The first-order valence-corrected chi connectivity index (χ1v) is 2.46. The topological polar surface area (TPSA) is 9.23 Å². The van der Waals surface area contributed by atoms with Gasteiger partial charge in [-0.25, -0.2) is 4.39 Å². The average molecular weight is 122 g/mol. The second-order valence-electron chi connectivity index (χ2n) is 1.55. The summed E-state index contributed by atoms with van der Waals surface area (Å²) < 4.78 is 16.6. The van der Waals surface area contributed by atoms with E-state index >= 15 is 0 Å². The van der Waals surface area contributed by atoms with Crippen LogP contribution in [0.15, 0.2) is 24.3 Å². The average Bonchev–Trinajstić information content (AvgIpc) is 1.89. The zero-order valence-electron chi connectivity index (χ0n) is 4.67. The molecule has 0 heterocycles. The maximum atomic E-state index is 12.4. The Labute approximate surface area is 53.9 Å². The monoisotopic (exact) mass is 122 g/mol. The van der Waals surface area contributed by atoms with E-state index < -0.39 is 5.82 Å². The van der Waals surface area contributed by atoms with Gasteiger partial charge in [0.1, 0.15) is 5.75 Å². The molecule has 1 nitrogen and oxygen atoms in total. The summed E-state index contributed by atoms with van der Waals surface area (Å²) in [6, 6.07) is 5.95. The summed E-state index contributed by atoms with van der Waals surface area (Å²) in [5.41, 5.74) is 0. The van der Waals surface area contributed by atoms with Crippen LogP contribution in [0, 0.1) is 5.82 Å². The molecule has 2 radical (unpaired) electrons. The van der Waals surface area contributed by atoms with Crippen molar-refractivity contribution in [3.05, 3.63) is 30.1 Å². The van der Waals surface area contributed by atoms with E-state index in [-0.39, 0.29) is 5.75 Å². The van der Waals surface area contributed by atoms with E-state index in [0.717, 1.165) is 0 Å². The van der Waals surface area contributed by atoms with Gasteiger partial charge in [0.2, 0.25) is 0 Å². The maximum absolute atomic E-state index is 12.4. The van der Waals surface area contributed by atoms with Gasteiger partial charge in [-0.2, -0.15) is 0 Å². The van der Waals surface area contributed by atoms with Crippen LogP contribution in [-0.4, -0.2) is 8.05 Å². The molecule has 44 valence electrons. The number of hydrogen-bond donors (Lipinski definition) is 0. The van der Waals surface area contributed by atoms with E-state index in [2.05, 4.69) is 4.65 Å². The standard InChI is InChI=1S/C6H4BFO/c7-9-6-4-2-1-3-5(6)8/h1-4H. The minimum absolute atomic E-state index is 0.0671. The lowest BCUT2D eigenvalue weighted by Crippen LogP contribution is -1.87. The third-order valence-corrected chi connectivity index (χ3v) is 0.964. The molecule has 0 aromatic heterocycles. The third kappa shape index (κ3) is 1.22. The molecule has 0 N–H and O–H groups in total. The van der Waals surface area contributed by atoms with E-state index in [0.29, 0.717) is 0 Å². The van der Waals surface area contributed by atoms with Crippen LogP contribution >= 0.6 is 0 Å². The van der Waals surface area contributed by atoms with E-state index in [1.165, 1.54) is 12.1 Å². The first-order valence-electron chi connectivity index (χ1n) is 2.46. The summed E-state index contributed by atoms with van der Waals surface area (Å²) in [5.74, 6) is -0.377. The number of rotatable bonds is 1. The Balaban J connectivity index is 3.01. The maximum Gasteiger partial charge on any atom is 0.374 e. The molecule has 0 saturated carbocycles. The van der Waals surface area contributed by atoms with E-state index in [4.69, 9.17) is 8.05 Å². The van der Waals surface area contributed by atoms with E-state index in [1.54, 1.807) is 12.1 Å². The number of benzene rings is 1. The first kappa shape index (κ1) is 6.14. The SMILES string of the molecule is [B]Oc1ccccc1F. The van der Waals surface area contributed by atoms with Gasteiger partial charge in [-0.05, 0) is 12.1 Å². The fraction of sp³-hybridized carbons (Fsp3) is 0. The molecule has 0 spiro atoms. The number of halogens is 1. The van der Waals surface area contributed by atoms with Crippen molar-refractivity contribution in [3.8, 4) is 5.75 Å². The second kappa shape index (κ2) is 2.53. The van der Waals surface area contributed by atoms with Crippen LogP contribution in [0.1, 0.15) is 0 Å². The van der Waals surface area contributed by atoms with Gasteiger partial charge in [0, 0.05) is 0 Å². The molecule has 0 saturated heterocycles. The fourth-order valence-corrected chi connectivity index (χ4v) is 0.540. The van der Waals surface area contributed by atoms with Crippen LogP contribution in [0.3, 0.4) is 0 Å². The smallest absolute Gasteiger partial charge is 0.374 e. The summed E-state index contributed by atoms with van der Waals surface area (Å²) in [6.07, 6.45) is 0. The highest BCUT2D eigenvalue weighted by Crippen LogP contribution is 2.13. The highest BCUT2D eigenvalue weighted by Gasteiger charge is 1.95. The Morgan fingerprint density at radius 2 is 2.00 bits per heavy atom. The molecule has 0 bridgehead atoms.